The average molecular weight is 262 g/mol. The fraction of sp³-hybridized carbons (Fsp3) is 0.462. The molecule has 2 saturated heterocycles. The highest BCUT2D eigenvalue weighted by Gasteiger charge is 2.41. The van der Waals surface area contributed by atoms with Gasteiger partial charge in [-0.2, -0.15) is 0 Å². The van der Waals surface area contributed by atoms with Gasteiger partial charge in [0.15, 0.2) is 0 Å². The molecular weight excluding hydrogens is 248 g/mol. The Morgan fingerprint density at radius 1 is 1.42 bits per heavy atom. The molecule has 6 heteroatoms. The number of carboxylic acid groups (broad SMARTS) is 1. The molecule has 1 aromatic heterocycles. The third-order valence-corrected chi connectivity index (χ3v) is 3.66. The summed E-state index contributed by atoms with van der Waals surface area (Å²) in [6, 6.07) is 2.83. The van der Waals surface area contributed by atoms with Crippen molar-refractivity contribution in [1.82, 2.24) is 10.3 Å². The van der Waals surface area contributed by atoms with Crippen molar-refractivity contribution in [3.8, 4) is 0 Å². The van der Waals surface area contributed by atoms with Gasteiger partial charge in [0.05, 0.1) is 18.2 Å². The number of amides is 1. The molecule has 6 nitrogen and oxygen atoms in total. The number of nitrogens with one attached hydrogen (secondary N) is 1. The maximum Gasteiger partial charge on any atom is 0.354 e. The molecule has 3 rings (SSSR count). The van der Waals surface area contributed by atoms with Gasteiger partial charge in [-0.3, -0.25) is 4.79 Å². The van der Waals surface area contributed by atoms with E-state index in [4.69, 9.17) is 9.84 Å². The second kappa shape index (κ2) is 4.62. The average Bonchev–Trinajstić information content (AvgIpc) is 3.01. The molecule has 2 aliphatic heterocycles. The lowest BCUT2D eigenvalue weighted by atomic mass is 9.95. The van der Waals surface area contributed by atoms with Gasteiger partial charge in [-0.25, -0.2) is 9.78 Å². The normalized spacial score (nSPS) is 28.3. The monoisotopic (exact) mass is 262 g/mol. The number of hydrogen-bond acceptors (Lipinski definition) is 4. The first-order chi connectivity index (χ1) is 9.13. The van der Waals surface area contributed by atoms with E-state index in [2.05, 4.69) is 10.3 Å². The van der Waals surface area contributed by atoms with Crippen LogP contribution in [0.2, 0.25) is 0 Å². The molecule has 0 spiro atoms. The molecule has 0 radical (unpaired) electrons. The van der Waals surface area contributed by atoms with E-state index in [1.165, 1.54) is 18.3 Å². The minimum Gasteiger partial charge on any atom is -0.477 e. The fourth-order valence-electron chi connectivity index (χ4n) is 2.73. The number of carboxylic acids is 1. The van der Waals surface area contributed by atoms with Gasteiger partial charge < -0.3 is 15.2 Å². The first kappa shape index (κ1) is 12.1. The molecule has 0 aliphatic carbocycles. The van der Waals surface area contributed by atoms with Crippen molar-refractivity contribution in [2.45, 2.75) is 37.5 Å². The number of aromatic carboxylic acids is 1. The molecule has 1 amide bonds. The SMILES string of the molecule is O=C(NC1CC2CCC1O2)c1ccnc(C(=O)O)c1. The van der Waals surface area contributed by atoms with E-state index in [-0.39, 0.29) is 29.9 Å². The van der Waals surface area contributed by atoms with E-state index in [1.54, 1.807) is 0 Å². The zero-order valence-electron chi connectivity index (χ0n) is 10.2. The van der Waals surface area contributed by atoms with Crippen LogP contribution >= 0.6 is 0 Å². The van der Waals surface area contributed by atoms with Gasteiger partial charge in [0.2, 0.25) is 0 Å². The summed E-state index contributed by atoms with van der Waals surface area (Å²) in [6.45, 7) is 0. The number of carbonyl (C=O) groups is 2. The third kappa shape index (κ3) is 2.31. The Morgan fingerprint density at radius 3 is 2.89 bits per heavy atom. The van der Waals surface area contributed by atoms with Gasteiger partial charge in [0, 0.05) is 11.8 Å². The van der Waals surface area contributed by atoms with Crippen LogP contribution in [0.1, 0.15) is 40.1 Å². The lowest BCUT2D eigenvalue weighted by Gasteiger charge is -2.20. The highest BCUT2D eigenvalue weighted by atomic mass is 16.5. The van der Waals surface area contributed by atoms with Crippen LogP contribution in [0, 0.1) is 0 Å². The van der Waals surface area contributed by atoms with Crippen molar-refractivity contribution in [3.05, 3.63) is 29.6 Å². The second-order valence-electron chi connectivity index (χ2n) is 4.92. The van der Waals surface area contributed by atoms with Crippen molar-refractivity contribution >= 4 is 11.9 Å². The van der Waals surface area contributed by atoms with E-state index < -0.39 is 5.97 Å². The van der Waals surface area contributed by atoms with Crippen molar-refractivity contribution in [1.29, 1.82) is 0 Å². The minimum absolute atomic E-state index is 0.0349. The summed E-state index contributed by atoms with van der Waals surface area (Å²) < 4.78 is 5.66. The number of aromatic nitrogens is 1. The smallest absolute Gasteiger partial charge is 0.354 e. The zero-order chi connectivity index (χ0) is 13.4. The molecule has 2 bridgehead atoms. The van der Waals surface area contributed by atoms with Gasteiger partial charge in [0.25, 0.3) is 5.91 Å². The van der Waals surface area contributed by atoms with E-state index in [0.717, 1.165) is 19.3 Å². The highest BCUT2D eigenvalue weighted by molar-refractivity contribution is 5.96. The largest absolute Gasteiger partial charge is 0.477 e. The Kier molecular flexibility index (Phi) is 2.94. The van der Waals surface area contributed by atoms with E-state index in [0.29, 0.717) is 5.56 Å². The van der Waals surface area contributed by atoms with Crippen LogP contribution in [0.4, 0.5) is 0 Å². The lowest BCUT2D eigenvalue weighted by Crippen LogP contribution is -2.41. The van der Waals surface area contributed by atoms with Crippen LogP contribution in [-0.2, 0) is 4.74 Å². The van der Waals surface area contributed by atoms with Crippen LogP contribution in [0.15, 0.2) is 18.3 Å². The topological polar surface area (TPSA) is 88.5 Å². The number of nitrogens with zero attached hydrogens (tertiary/aromatic N) is 1. The Labute approximate surface area is 109 Å². The summed E-state index contributed by atoms with van der Waals surface area (Å²) in [7, 11) is 0. The van der Waals surface area contributed by atoms with Gasteiger partial charge in [0.1, 0.15) is 5.69 Å². The first-order valence-corrected chi connectivity index (χ1v) is 6.29. The van der Waals surface area contributed by atoms with Crippen molar-refractivity contribution in [3.63, 3.8) is 0 Å². The van der Waals surface area contributed by atoms with Crippen molar-refractivity contribution in [2.75, 3.05) is 0 Å². The van der Waals surface area contributed by atoms with E-state index >= 15 is 0 Å². The predicted octanol–water partition coefficient (Wildman–Crippen LogP) is 0.829. The molecule has 2 fully saturated rings. The standard InChI is InChI=1S/C13H14N2O4/c16-12(7-3-4-14-10(5-7)13(17)18)15-9-6-8-1-2-11(9)19-8/h3-5,8-9,11H,1-2,6H2,(H,15,16)(H,17,18). The summed E-state index contributed by atoms with van der Waals surface area (Å²) in [4.78, 5) is 26.6. The van der Waals surface area contributed by atoms with Gasteiger partial charge >= 0.3 is 5.97 Å². The maximum atomic E-state index is 12.1. The lowest BCUT2D eigenvalue weighted by molar-refractivity contribution is 0.0690. The first-order valence-electron chi connectivity index (χ1n) is 6.29. The third-order valence-electron chi connectivity index (χ3n) is 3.66. The predicted molar refractivity (Wildman–Crippen MR) is 65.0 cm³/mol. The van der Waals surface area contributed by atoms with E-state index in [1.807, 2.05) is 0 Å². The summed E-state index contributed by atoms with van der Waals surface area (Å²) in [6.07, 6.45) is 4.59. The molecule has 3 atom stereocenters. The van der Waals surface area contributed by atoms with Crippen LogP contribution < -0.4 is 5.32 Å². The molecule has 1 aromatic rings. The summed E-state index contributed by atoms with van der Waals surface area (Å²) >= 11 is 0. The Balaban J connectivity index is 1.70. The highest BCUT2D eigenvalue weighted by Crippen LogP contribution is 2.34. The molecule has 100 valence electrons. The number of rotatable bonds is 3. The maximum absolute atomic E-state index is 12.1. The summed E-state index contributed by atoms with van der Waals surface area (Å²) in [5.41, 5.74) is 0.187. The molecular formula is C13H14N2O4. The molecule has 3 heterocycles. The van der Waals surface area contributed by atoms with Gasteiger partial charge in [-0.1, -0.05) is 0 Å². The number of fused-ring (bicyclic) bond motifs is 2. The van der Waals surface area contributed by atoms with Crippen LogP contribution in [0.5, 0.6) is 0 Å². The Morgan fingerprint density at radius 2 is 2.26 bits per heavy atom. The fourth-order valence-corrected chi connectivity index (χ4v) is 2.73. The number of hydrogen-bond donors (Lipinski definition) is 2. The van der Waals surface area contributed by atoms with Crippen molar-refractivity contribution in [2.24, 2.45) is 0 Å². The molecule has 0 saturated carbocycles. The van der Waals surface area contributed by atoms with Crippen LogP contribution in [-0.4, -0.2) is 40.2 Å². The quantitative estimate of drug-likeness (QED) is 0.842. The zero-order valence-corrected chi connectivity index (χ0v) is 10.2. The Bertz CT molecular complexity index is 531. The number of carbonyl (C=O) groups excluding carboxylic acids is 1. The number of ether oxygens (including phenoxy) is 1. The molecule has 2 aliphatic rings. The minimum atomic E-state index is -1.14. The second-order valence-corrected chi connectivity index (χ2v) is 4.92. The molecule has 2 N–H and O–H groups in total. The molecule has 0 aromatic carbocycles. The molecule has 19 heavy (non-hydrogen) atoms. The van der Waals surface area contributed by atoms with E-state index in [9.17, 15) is 9.59 Å². The summed E-state index contributed by atoms with van der Waals surface area (Å²) in [5, 5.41) is 11.8. The Hall–Kier alpha value is -1.95. The number of pyridine rings is 1. The van der Waals surface area contributed by atoms with Crippen molar-refractivity contribution < 1.29 is 19.4 Å². The summed E-state index contributed by atoms with van der Waals surface area (Å²) in [5.74, 6) is -1.41. The van der Waals surface area contributed by atoms with Gasteiger partial charge in [-0.15, -0.1) is 0 Å². The van der Waals surface area contributed by atoms with Crippen LogP contribution in [0.25, 0.3) is 0 Å². The van der Waals surface area contributed by atoms with Crippen LogP contribution in [0.3, 0.4) is 0 Å². The van der Waals surface area contributed by atoms with Gasteiger partial charge in [-0.05, 0) is 31.4 Å². The molecule has 3 unspecified atom stereocenters.